The quantitative estimate of drug-likeness (QED) is 0.501. The fourth-order valence-electron chi connectivity index (χ4n) is 1.27. The van der Waals surface area contributed by atoms with E-state index >= 15 is 0 Å². The van der Waals surface area contributed by atoms with Gasteiger partial charge in [0, 0.05) is 12.6 Å². The van der Waals surface area contributed by atoms with Crippen molar-refractivity contribution in [3.8, 4) is 0 Å². The molecule has 0 radical (unpaired) electrons. The number of carbonyl (C=O) groups is 1. The zero-order valence-corrected chi connectivity index (χ0v) is 11.6. The maximum Gasteiger partial charge on any atom is 0.300 e. The monoisotopic (exact) mass is 286 g/mol. The van der Waals surface area contributed by atoms with Gasteiger partial charge in [-0.1, -0.05) is 11.6 Å². The highest BCUT2D eigenvalue weighted by molar-refractivity contribution is 6.29. The Kier molecular flexibility index (Phi) is 5.20. The number of nitrogens with one attached hydrogen (secondary N) is 1. The van der Waals surface area contributed by atoms with Crippen LogP contribution in [0.25, 0.3) is 0 Å². The van der Waals surface area contributed by atoms with Crippen molar-refractivity contribution in [3.63, 3.8) is 0 Å². The van der Waals surface area contributed by atoms with Crippen molar-refractivity contribution >= 4 is 23.2 Å². The molecule has 0 spiro atoms. The molecule has 0 aliphatic heterocycles. The van der Waals surface area contributed by atoms with Gasteiger partial charge in [0.15, 0.2) is 0 Å². The molecule has 7 nitrogen and oxygen atoms in total. The molecule has 1 heterocycles. The maximum atomic E-state index is 11.9. The smallest absolute Gasteiger partial charge is 0.300 e. The molecule has 19 heavy (non-hydrogen) atoms. The minimum Gasteiger partial charge on any atom is -0.350 e. The standard InChI is InChI=1S/C11H15ClN4O3/c1-7(15(2)3)5-14-11(17)8-4-10(12)13-6-9(8)16(18)19/h4,6-7H,5H2,1-3H3,(H,14,17). The van der Waals surface area contributed by atoms with Gasteiger partial charge >= 0.3 is 0 Å². The third kappa shape index (κ3) is 4.15. The van der Waals surface area contributed by atoms with E-state index in [1.807, 2.05) is 25.9 Å². The molecule has 1 rings (SSSR count). The Morgan fingerprint density at radius 2 is 2.26 bits per heavy atom. The first-order valence-electron chi connectivity index (χ1n) is 5.57. The summed E-state index contributed by atoms with van der Waals surface area (Å²) in [4.78, 5) is 27.6. The summed E-state index contributed by atoms with van der Waals surface area (Å²) >= 11 is 5.66. The fourth-order valence-corrected chi connectivity index (χ4v) is 1.43. The van der Waals surface area contributed by atoms with Gasteiger partial charge in [-0.2, -0.15) is 0 Å². The SMILES string of the molecule is CC(CNC(=O)c1cc(Cl)ncc1[N+](=O)[O-])N(C)C. The molecule has 1 unspecified atom stereocenters. The highest BCUT2D eigenvalue weighted by atomic mass is 35.5. The molecule has 1 atom stereocenters. The summed E-state index contributed by atoms with van der Waals surface area (Å²) in [6.45, 7) is 2.30. The van der Waals surface area contributed by atoms with Gasteiger partial charge in [0.05, 0.1) is 4.92 Å². The van der Waals surface area contributed by atoms with Gasteiger partial charge in [0.2, 0.25) is 0 Å². The number of amides is 1. The first-order chi connectivity index (χ1) is 8.82. The lowest BCUT2D eigenvalue weighted by molar-refractivity contribution is -0.385. The predicted octanol–water partition coefficient (Wildman–Crippen LogP) is 1.32. The molecule has 1 N–H and O–H groups in total. The molecule has 1 aromatic rings. The van der Waals surface area contributed by atoms with Crippen molar-refractivity contribution in [2.45, 2.75) is 13.0 Å². The van der Waals surface area contributed by atoms with E-state index in [1.54, 1.807) is 0 Å². The molecular formula is C11H15ClN4O3. The summed E-state index contributed by atoms with van der Waals surface area (Å²) < 4.78 is 0. The summed E-state index contributed by atoms with van der Waals surface area (Å²) in [5.41, 5.74) is -0.449. The van der Waals surface area contributed by atoms with Crippen LogP contribution in [0.15, 0.2) is 12.3 Å². The molecule has 8 heteroatoms. The minimum atomic E-state index is -0.659. The number of nitro groups is 1. The summed E-state index contributed by atoms with van der Waals surface area (Å²) in [6.07, 6.45) is 0.979. The number of aromatic nitrogens is 1. The first-order valence-corrected chi connectivity index (χ1v) is 5.95. The zero-order valence-electron chi connectivity index (χ0n) is 10.9. The fraction of sp³-hybridized carbons (Fsp3) is 0.455. The van der Waals surface area contributed by atoms with Crippen LogP contribution < -0.4 is 5.32 Å². The predicted molar refractivity (Wildman–Crippen MR) is 71.4 cm³/mol. The normalized spacial score (nSPS) is 12.3. The van der Waals surface area contributed by atoms with Crippen molar-refractivity contribution in [1.29, 1.82) is 0 Å². The van der Waals surface area contributed by atoms with Crippen LogP contribution in [-0.4, -0.2) is 47.4 Å². The molecule has 0 aromatic carbocycles. The second-order valence-corrected chi connectivity index (χ2v) is 4.69. The average molecular weight is 287 g/mol. The summed E-state index contributed by atoms with van der Waals surface area (Å²) in [6, 6.07) is 1.30. The van der Waals surface area contributed by atoms with Crippen molar-refractivity contribution in [2.75, 3.05) is 20.6 Å². The van der Waals surface area contributed by atoms with Crippen molar-refractivity contribution < 1.29 is 9.72 Å². The van der Waals surface area contributed by atoms with Crippen LogP contribution >= 0.6 is 11.6 Å². The second-order valence-electron chi connectivity index (χ2n) is 4.30. The number of hydrogen-bond donors (Lipinski definition) is 1. The average Bonchev–Trinajstić information content (AvgIpc) is 2.34. The van der Waals surface area contributed by atoms with Crippen molar-refractivity contribution in [3.05, 3.63) is 33.1 Å². The van der Waals surface area contributed by atoms with Crippen LogP contribution in [0.2, 0.25) is 5.15 Å². The Bertz CT molecular complexity index is 493. The minimum absolute atomic E-state index is 0.0383. The van der Waals surface area contributed by atoms with E-state index in [1.165, 1.54) is 6.07 Å². The number of carbonyl (C=O) groups excluding carboxylic acids is 1. The van der Waals surface area contributed by atoms with Crippen molar-refractivity contribution in [1.82, 2.24) is 15.2 Å². The second kappa shape index (κ2) is 6.44. The van der Waals surface area contributed by atoms with Gasteiger partial charge in [-0.05, 0) is 27.1 Å². The number of pyridine rings is 1. The van der Waals surface area contributed by atoms with E-state index in [0.29, 0.717) is 6.54 Å². The molecule has 0 aliphatic rings. The van der Waals surface area contributed by atoms with E-state index in [9.17, 15) is 14.9 Å². The van der Waals surface area contributed by atoms with Crippen LogP contribution in [0.5, 0.6) is 0 Å². The highest BCUT2D eigenvalue weighted by Crippen LogP contribution is 2.20. The Labute approximate surface area is 115 Å². The first kappa shape index (κ1) is 15.3. The molecule has 0 saturated carbocycles. The van der Waals surface area contributed by atoms with E-state index < -0.39 is 10.8 Å². The molecule has 0 saturated heterocycles. The van der Waals surface area contributed by atoms with Crippen LogP contribution in [0.4, 0.5) is 5.69 Å². The van der Waals surface area contributed by atoms with Crippen LogP contribution in [0, 0.1) is 10.1 Å². The summed E-state index contributed by atoms with van der Waals surface area (Å²) in [7, 11) is 3.76. The number of likely N-dealkylation sites (N-methyl/N-ethyl adjacent to an activating group) is 1. The maximum absolute atomic E-state index is 11.9. The van der Waals surface area contributed by atoms with Crippen LogP contribution in [0.3, 0.4) is 0 Å². The van der Waals surface area contributed by atoms with E-state index in [0.717, 1.165) is 6.20 Å². The van der Waals surface area contributed by atoms with Gasteiger partial charge in [0.1, 0.15) is 16.9 Å². The van der Waals surface area contributed by atoms with Gasteiger partial charge in [-0.15, -0.1) is 0 Å². The molecular weight excluding hydrogens is 272 g/mol. The number of nitrogens with zero attached hydrogens (tertiary/aromatic N) is 3. The molecule has 104 valence electrons. The molecule has 1 amide bonds. The number of hydrogen-bond acceptors (Lipinski definition) is 5. The Hall–Kier alpha value is -1.73. The van der Waals surface area contributed by atoms with Gasteiger partial charge in [-0.3, -0.25) is 14.9 Å². The van der Waals surface area contributed by atoms with E-state index in [-0.39, 0.29) is 22.4 Å². The molecule has 0 fully saturated rings. The molecule has 1 aromatic heterocycles. The topological polar surface area (TPSA) is 88.4 Å². The number of halogens is 1. The Morgan fingerprint density at radius 3 is 2.79 bits per heavy atom. The van der Waals surface area contributed by atoms with Crippen LogP contribution in [-0.2, 0) is 0 Å². The van der Waals surface area contributed by atoms with E-state index in [4.69, 9.17) is 11.6 Å². The summed E-state index contributed by atoms with van der Waals surface area (Å²) in [5, 5.41) is 13.5. The lowest BCUT2D eigenvalue weighted by Gasteiger charge is -2.19. The molecule has 0 bridgehead atoms. The Morgan fingerprint density at radius 1 is 1.63 bits per heavy atom. The summed E-state index contributed by atoms with van der Waals surface area (Å²) in [5.74, 6) is -0.537. The molecule has 0 aliphatic carbocycles. The number of rotatable bonds is 5. The lowest BCUT2D eigenvalue weighted by Crippen LogP contribution is -2.38. The van der Waals surface area contributed by atoms with Crippen molar-refractivity contribution in [2.24, 2.45) is 0 Å². The van der Waals surface area contributed by atoms with E-state index in [2.05, 4.69) is 10.3 Å². The highest BCUT2D eigenvalue weighted by Gasteiger charge is 2.21. The zero-order chi connectivity index (χ0) is 14.6. The van der Waals surface area contributed by atoms with Gasteiger partial charge in [0.25, 0.3) is 11.6 Å². The largest absolute Gasteiger partial charge is 0.350 e. The van der Waals surface area contributed by atoms with Crippen LogP contribution in [0.1, 0.15) is 17.3 Å². The third-order valence-corrected chi connectivity index (χ3v) is 2.94. The lowest BCUT2D eigenvalue weighted by atomic mass is 10.2. The van der Waals surface area contributed by atoms with Gasteiger partial charge < -0.3 is 10.2 Å². The Balaban J connectivity index is 2.87. The van der Waals surface area contributed by atoms with Gasteiger partial charge in [-0.25, -0.2) is 4.98 Å². The third-order valence-electron chi connectivity index (χ3n) is 2.73.